The van der Waals surface area contributed by atoms with Crippen molar-refractivity contribution < 1.29 is 0 Å². The molecule has 8 aromatic carbocycles. The lowest BCUT2D eigenvalue weighted by Crippen LogP contribution is -1.94. The van der Waals surface area contributed by atoms with Crippen LogP contribution in [0.5, 0.6) is 0 Å². The molecule has 0 saturated heterocycles. The predicted molar refractivity (Wildman–Crippen MR) is 203 cm³/mol. The number of benzene rings is 8. The Morgan fingerprint density at radius 3 is 1.31 bits per heavy atom. The van der Waals surface area contributed by atoms with E-state index in [4.69, 9.17) is 9.97 Å². The number of pyridine rings is 2. The van der Waals surface area contributed by atoms with Crippen LogP contribution in [0, 0.1) is 0 Å². The first-order valence-corrected chi connectivity index (χ1v) is 16.4. The lowest BCUT2D eigenvalue weighted by atomic mass is 9.86. The molecule has 2 aromatic heterocycles. The van der Waals surface area contributed by atoms with Gasteiger partial charge in [0.25, 0.3) is 0 Å². The molecule has 48 heavy (non-hydrogen) atoms. The molecular weight excluding hydrogens is 581 g/mol. The fraction of sp³-hybridized carbons (Fsp3) is 0. The second-order valence-corrected chi connectivity index (χ2v) is 12.5. The maximum absolute atomic E-state index is 5.31. The third-order valence-corrected chi connectivity index (χ3v) is 9.84. The number of hydrogen-bond acceptors (Lipinski definition) is 2. The number of hydrogen-bond donors (Lipinski definition) is 0. The Hall–Kier alpha value is -6.38. The number of para-hydroxylation sites is 1. The molecule has 10 aromatic rings. The Morgan fingerprint density at radius 2 is 0.750 bits per heavy atom. The molecule has 10 rings (SSSR count). The van der Waals surface area contributed by atoms with Crippen LogP contribution in [0.2, 0.25) is 0 Å². The smallest absolute Gasteiger partial charge is 0.0787 e. The molecule has 0 spiro atoms. The monoisotopic (exact) mass is 608 g/mol. The van der Waals surface area contributed by atoms with E-state index in [1.54, 1.807) is 0 Å². The molecule has 0 aliphatic rings. The summed E-state index contributed by atoms with van der Waals surface area (Å²) in [7, 11) is 0. The largest absolute Gasteiger partial charge is 0.255 e. The summed E-state index contributed by atoms with van der Waals surface area (Å²) in [6.45, 7) is 0. The first-order valence-electron chi connectivity index (χ1n) is 16.4. The van der Waals surface area contributed by atoms with Gasteiger partial charge in [0.15, 0.2) is 0 Å². The maximum atomic E-state index is 5.31. The van der Waals surface area contributed by atoms with Crippen LogP contribution in [0.4, 0.5) is 0 Å². The quantitative estimate of drug-likeness (QED) is 0.187. The second-order valence-electron chi connectivity index (χ2n) is 12.5. The molecule has 2 heterocycles. The van der Waals surface area contributed by atoms with Gasteiger partial charge in [0.05, 0.1) is 16.9 Å². The molecule has 0 aliphatic carbocycles. The van der Waals surface area contributed by atoms with Crippen LogP contribution >= 0.6 is 0 Å². The van der Waals surface area contributed by atoms with Gasteiger partial charge in [-0.3, -0.25) is 4.98 Å². The molecule has 0 fully saturated rings. The molecule has 0 amide bonds. The third kappa shape index (κ3) is 4.00. The van der Waals surface area contributed by atoms with Gasteiger partial charge in [0.1, 0.15) is 0 Å². The number of aromatic nitrogens is 2. The van der Waals surface area contributed by atoms with Gasteiger partial charge in [0, 0.05) is 44.4 Å². The number of nitrogens with zero attached hydrogens (tertiary/aromatic N) is 2. The fourth-order valence-corrected chi connectivity index (χ4v) is 7.76. The van der Waals surface area contributed by atoms with Gasteiger partial charge < -0.3 is 0 Å². The van der Waals surface area contributed by atoms with E-state index in [-0.39, 0.29) is 0 Å². The van der Waals surface area contributed by atoms with Crippen molar-refractivity contribution in [2.75, 3.05) is 0 Å². The van der Waals surface area contributed by atoms with Crippen LogP contribution in [-0.4, -0.2) is 9.97 Å². The summed E-state index contributed by atoms with van der Waals surface area (Å²) in [5.74, 6) is 0. The van der Waals surface area contributed by atoms with Gasteiger partial charge in [-0.1, -0.05) is 152 Å². The first kappa shape index (κ1) is 26.8. The Kier molecular flexibility index (Phi) is 5.91. The summed E-state index contributed by atoms with van der Waals surface area (Å²) in [6.07, 6.45) is 2.12. The first-order chi connectivity index (χ1) is 23.8. The molecule has 0 saturated carbocycles. The lowest BCUT2D eigenvalue weighted by molar-refractivity contribution is 1.32. The lowest BCUT2D eigenvalue weighted by Gasteiger charge is -2.18. The highest BCUT2D eigenvalue weighted by Crippen LogP contribution is 2.46. The molecule has 0 aliphatic heterocycles. The zero-order valence-electron chi connectivity index (χ0n) is 26.1. The van der Waals surface area contributed by atoms with Gasteiger partial charge in [-0.05, 0) is 55.4 Å². The van der Waals surface area contributed by atoms with Crippen LogP contribution in [0.15, 0.2) is 170 Å². The normalized spacial score (nSPS) is 11.8. The summed E-state index contributed by atoms with van der Waals surface area (Å²) < 4.78 is 0. The Bertz CT molecular complexity index is 2820. The third-order valence-electron chi connectivity index (χ3n) is 9.84. The van der Waals surface area contributed by atoms with Crippen LogP contribution in [0.25, 0.3) is 98.4 Å². The van der Waals surface area contributed by atoms with Crippen molar-refractivity contribution in [2.45, 2.75) is 0 Å². The fourth-order valence-electron chi connectivity index (χ4n) is 7.76. The summed E-state index contributed by atoms with van der Waals surface area (Å²) in [4.78, 5) is 10.5. The molecular formula is C46H28N2. The molecule has 0 unspecified atom stereocenters. The van der Waals surface area contributed by atoms with E-state index in [0.29, 0.717) is 0 Å². The molecule has 0 radical (unpaired) electrons. The van der Waals surface area contributed by atoms with E-state index in [2.05, 4.69) is 158 Å². The highest BCUT2D eigenvalue weighted by Gasteiger charge is 2.19. The van der Waals surface area contributed by atoms with Crippen molar-refractivity contribution >= 4 is 64.8 Å². The minimum Gasteiger partial charge on any atom is -0.255 e. The Morgan fingerprint density at radius 1 is 0.312 bits per heavy atom. The van der Waals surface area contributed by atoms with E-state index >= 15 is 0 Å². The van der Waals surface area contributed by atoms with Gasteiger partial charge in [-0.15, -0.1) is 0 Å². The highest BCUT2D eigenvalue weighted by atomic mass is 14.7. The summed E-state index contributed by atoms with van der Waals surface area (Å²) >= 11 is 0. The number of rotatable bonds is 3. The average molecular weight is 609 g/mol. The van der Waals surface area contributed by atoms with Gasteiger partial charge in [-0.25, -0.2) is 4.98 Å². The van der Waals surface area contributed by atoms with Gasteiger partial charge in [0.2, 0.25) is 0 Å². The van der Waals surface area contributed by atoms with E-state index in [0.717, 1.165) is 44.5 Å². The topological polar surface area (TPSA) is 25.8 Å². The van der Waals surface area contributed by atoms with E-state index < -0.39 is 0 Å². The van der Waals surface area contributed by atoms with E-state index in [9.17, 15) is 0 Å². The molecule has 0 N–H and O–H groups in total. The summed E-state index contributed by atoms with van der Waals surface area (Å²) in [5, 5.41) is 13.7. The minimum atomic E-state index is 0.944. The molecule has 0 atom stereocenters. The van der Waals surface area contributed by atoms with Gasteiger partial charge in [-0.2, -0.15) is 0 Å². The zero-order valence-corrected chi connectivity index (χ0v) is 26.1. The van der Waals surface area contributed by atoms with Crippen molar-refractivity contribution in [1.82, 2.24) is 9.97 Å². The molecule has 2 heteroatoms. The van der Waals surface area contributed by atoms with E-state index in [1.165, 1.54) is 53.9 Å². The zero-order chi connectivity index (χ0) is 31.6. The average Bonchev–Trinajstić information content (AvgIpc) is 3.17. The van der Waals surface area contributed by atoms with Crippen molar-refractivity contribution in [2.24, 2.45) is 0 Å². The second kappa shape index (κ2) is 10.6. The standard InChI is InChI=1S/C46H28N2/c1-3-14-29(15-4-1)41-26-31(27-42(48-41)30-16-5-2-6-17-30)32-24-13-25-39-43-37-22-11-12-23-38(37)44-35-20-9-7-18-33(35)34-19-8-10-21-36(34)45(44)40(43)28-47-46(32)39/h1-28H. The van der Waals surface area contributed by atoms with Crippen LogP contribution in [-0.2, 0) is 0 Å². The van der Waals surface area contributed by atoms with Gasteiger partial charge >= 0.3 is 0 Å². The minimum absolute atomic E-state index is 0.944. The number of fused-ring (bicyclic) bond motifs is 13. The van der Waals surface area contributed by atoms with E-state index in [1.807, 2.05) is 12.1 Å². The molecule has 0 bridgehead atoms. The SMILES string of the molecule is c1ccc(-c2cc(-c3cccc4c3ncc3c4c4ccccc4c4c5ccccc5c5ccccc5c34)cc(-c3ccccc3)n2)cc1. The summed E-state index contributed by atoms with van der Waals surface area (Å²) in [6, 6.07) is 58.5. The molecule has 222 valence electrons. The predicted octanol–water partition coefficient (Wildman–Crippen LogP) is 12.4. The highest BCUT2D eigenvalue weighted by molar-refractivity contribution is 6.41. The Labute approximate surface area is 277 Å². The Balaban J connectivity index is 1.34. The molecule has 2 nitrogen and oxygen atoms in total. The van der Waals surface area contributed by atoms with Crippen LogP contribution in [0.3, 0.4) is 0 Å². The van der Waals surface area contributed by atoms with Crippen molar-refractivity contribution in [3.05, 3.63) is 170 Å². The van der Waals surface area contributed by atoms with Crippen molar-refractivity contribution in [3.8, 4) is 33.6 Å². The van der Waals surface area contributed by atoms with Crippen LogP contribution in [0.1, 0.15) is 0 Å². The maximum Gasteiger partial charge on any atom is 0.0787 e. The van der Waals surface area contributed by atoms with Crippen molar-refractivity contribution in [1.29, 1.82) is 0 Å². The summed E-state index contributed by atoms with van der Waals surface area (Å²) in [5.41, 5.74) is 7.25. The van der Waals surface area contributed by atoms with Crippen LogP contribution < -0.4 is 0 Å². The van der Waals surface area contributed by atoms with Crippen molar-refractivity contribution in [3.63, 3.8) is 0 Å².